The Labute approximate surface area is 193 Å². The highest BCUT2D eigenvalue weighted by atomic mass is 16.5. The number of aryl methyl sites for hydroxylation is 2. The number of ether oxygens (including phenoxy) is 1. The zero-order valence-corrected chi connectivity index (χ0v) is 19.5. The molecule has 176 valence electrons. The fourth-order valence-electron chi connectivity index (χ4n) is 4.10. The van der Waals surface area contributed by atoms with Crippen molar-refractivity contribution in [1.29, 1.82) is 0 Å². The molecule has 2 N–H and O–H groups in total. The highest BCUT2D eigenvalue weighted by Crippen LogP contribution is 2.39. The van der Waals surface area contributed by atoms with Gasteiger partial charge in [0.05, 0.1) is 24.8 Å². The van der Waals surface area contributed by atoms with Crippen LogP contribution in [0.4, 0.5) is 21.0 Å². The zero-order valence-electron chi connectivity index (χ0n) is 19.5. The number of para-hydroxylation sites is 2. The number of urea groups is 2. The third-order valence-corrected chi connectivity index (χ3v) is 5.98. The van der Waals surface area contributed by atoms with E-state index in [1.807, 2.05) is 38.1 Å². The molecular weight excluding hydrogens is 424 g/mol. The monoisotopic (exact) mass is 454 g/mol. The first-order valence-electron chi connectivity index (χ1n) is 10.7. The first-order chi connectivity index (χ1) is 15.6. The summed E-state index contributed by atoms with van der Waals surface area (Å²) in [7, 11) is 1.28. The van der Waals surface area contributed by atoms with Gasteiger partial charge in [-0.25, -0.2) is 9.59 Å². The second-order valence-electron chi connectivity index (χ2n) is 8.53. The van der Waals surface area contributed by atoms with Crippen LogP contribution in [0.1, 0.15) is 31.4 Å². The lowest BCUT2D eigenvalue weighted by molar-refractivity contribution is -0.141. The highest BCUT2D eigenvalue weighted by Gasteiger charge is 2.56. The first-order valence-corrected chi connectivity index (χ1v) is 10.7. The minimum atomic E-state index is -1.06. The number of carbonyl (C=O) groups excluding carboxylic acids is 3. The fourth-order valence-corrected chi connectivity index (χ4v) is 4.10. The van der Waals surface area contributed by atoms with E-state index in [0.29, 0.717) is 16.4 Å². The maximum atomic E-state index is 13.6. The van der Waals surface area contributed by atoms with Crippen LogP contribution in [0.25, 0.3) is 0 Å². The number of methoxy groups -OCH3 is 1. The predicted molar refractivity (Wildman–Crippen MR) is 124 cm³/mol. The van der Waals surface area contributed by atoms with Gasteiger partial charge in [-0.15, -0.1) is 0 Å². The van der Waals surface area contributed by atoms with E-state index in [0.717, 1.165) is 11.1 Å². The van der Waals surface area contributed by atoms with Gasteiger partial charge in [-0.1, -0.05) is 36.4 Å². The summed E-state index contributed by atoms with van der Waals surface area (Å²) < 4.78 is 4.72. The molecule has 9 nitrogen and oxygen atoms in total. The Morgan fingerprint density at radius 3 is 2.30 bits per heavy atom. The van der Waals surface area contributed by atoms with Gasteiger partial charge in [0.25, 0.3) is 0 Å². The highest BCUT2D eigenvalue weighted by molar-refractivity contribution is 5.99. The van der Waals surface area contributed by atoms with Crippen molar-refractivity contribution in [2.75, 3.05) is 23.9 Å². The third kappa shape index (κ3) is 4.63. The molecule has 9 heteroatoms. The SMILES string of the molecule is COC(=O)CCN1C(=O)N(c2ccccc2C)[C@@H](N(O)C(=O)Nc2ccccc2C)C1(C)C. The number of hydroxylamine groups is 2. The Kier molecular flexibility index (Phi) is 6.92. The Morgan fingerprint density at radius 2 is 1.70 bits per heavy atom. The van der Waals surface area contributed by atoms with Crippen molar-refractivity contribution >= 4 is 29.4 Å². The number of anilines is 2. The summed E-state index contributed by atoms with van der Waals surface area (Å²) in [5, 5.41) is 14.4. The van der Waals surface area contributed by atoms with E-state index in [-0.39, 0.29) is 13.0 Å². The number of esters is 1. The topological polar surface area (TPSA) is 102 Å². The normalized spacial score (nSPS) is 17.2. The molecule has 1 saturated heterocycles. The molecule has 2 aromatic carbocycles. The summed E-state index contributed by atoms with van der Waals surface area (Å²) in [4.78, 5) is 41.2. The number of carbonyl (C=O) groups is 3. The lowest BCUT2D eigenvalue weighted by Crippen LogP contribution is -2.58. The molecule has 2 aromatic rings. The summed E-state index contributed by atoms with van der Waals surface area (Å²) in [5.41, 5.74) is 1.70. The van der Waals surface area contributed by atoms with E-state index >= 15 is 0 Å². The molecule has 0 aliphatic carbocycles. The minimum absolute atomic E-state index is 0.0131. The number of rotatable bonds is 6. The van der Waals surface area contributed by atoms with E-state index in [4.69, 9.17) is 4.74 Å². The number of nitrogens with one attached hydrogen (secondary N) is 1. The van der Waals surface area contributed by atoms with Crippen LogP contribution < -0.4 is 10.2 Å². The molecule has 1 aliphatic heterocycles. The Bertz CT molecular complexity index is 1050. The molecule has 1 fully saturated rings. The fraction of sp³-hybridized carbons (Fsp3) is 0.375. The molecule has 0 spiro atoms. The quantitative estimate of drug-likeness (QED) is 0.388. The molecule has 0 unspecified atom stereocenters. The van der Waals surface area contributed by atoms with Crippen molar-refractivity contribution < 1.29 is 24.3 Å². The van der Waals surface area contributed by atoms with Gasteiger partial charge in [0.1, 0.15) is 0 Å². The summed E-state index contributed by atoms with van der Waals surface area (Å²) in [5.74, 6) is -0.456. The van der Waals surface area contributed by atoms with E-state index in [1.165, 1.54) is 16.9 Å². The van der Waals surface area contributed by atoms with Crippen molar-refractivity contribution in [1.82, 2.24) is 9.96 Å². The van der Waals surface area contributed by atoms with Gasteiger partial charge in [-0.05, 0) is 51.0 Å². The van der Waals surface area contributed by atoms with Crippen LogP contribution in [0.3, 0.4) is 0 Å². The maximum Gasteiger partial charge on any atom is 0.347 e. The second kappa shape index (κ2) is 9.50. The van der Waals surface area contributed by atoms with Crippen LogP contribution in [0.15, 0.2) is 48.5 Å². The average molecular weight is 455 g/mol. The van der Waals surface area contributed by atoms with Crippen LogP contribution in [-0.4, -0.2) is 58.6 Å². The molecule has 0 bridgehead atoms. The van der Waals surface area contributed by atoms with Crippen molar-refractivity contribution in [2.45, 2.75) is 45.8 Å². The van der Waals surface area contributed by atoms with Gasteiger partial charge in [0, 0.05) is 12.2 Å². The summed E-state index contributed by atoms with van der Waals surface area (Å²) in [6.45, 7) is 7.25. The van der Waals surface area contributed by atoms with Crippen molar-refractivity contribution in [3.63, 3.8) is 0 Å². The molecule has 33 heavy (non-hydrogen) atoms. The molecule has 0 saturated carbocycles. The lowest BCUT2D eigenvalue weighted by atomic mass is 9.99. The third-order valence-electron chi connectivity index (χ3n) is 5.98. The average Bonchev–Trinajstić information content (AvgIpc) is 2.98. The van der Waals surface area contributed by atoms with Gasteiger partial charge in [0.2, 0.25) is 0 Å². The van der Waals surface area contributed by atoms with E-state index in [1.54, 1.807) is 38.1 Å². The Balaban J connectivity index is 1.99. The van der Waals surface area contributed by atoms with Crippen molar-refractivity contribution in [3.05, 3.63) is 59.7 Å². The molecule has 4 amide bonds. The molecular formula is C24H30N4O5. The van der Waals surface area contributed by atoms with E-state index in [2.05, 4.69) is 5.32 Å². The standard InChI is InChI=1S/C24H30N4O5/c1-16-10-6-8-12-18(16)25-22(30)28(32)21-24(3,4)26(15-14-20(29)33-5)23(31)27(21)19-13-9-7-11-17(19)2/h6-13,21,32H,14-15H2,1-5H3,(H,25,30)/t21-/m0/s1. The smallest absolute Gasteiger partial charge is 0.347 e. The molecule has 1 heterocycles. The number of hydrogen-bond donors (Lipinski definition) is 2. The van der Waals surface area contributed by atoms with Crippen LogP contribution in [0.5, 0.6) is 0 Å². The molecule has 1 aliphatic rings. The molecule has 0 aromatic heterocycles. The largest absolute Gasteiger partial charge is 0.469 e. The lowest BCUT2D eigenvalue weighted by Gasteiger charge is -2.38. The van der Waals surface area contributed by atoms with Gasteiger partial charge >= 0.3 is 18.0 Å². The molecule has 1 atom stereocenters. The number of hydrogen-bond acceptors (Lipinski definition) is 5. The van der Waals surface area contributed by atoms with Gasteiger partial charge < -0.3 is 15.0 Å². The van der Waals surface area contributed by atoms with Crippen LogP contribution in [-0.2, 0) is 9.53 Å². The van der Waals surface area contributed by atoms with Crippen molar-refractivity contribution in [2.24, 2.45) is 0 Å². The molecule has 3 rings (SSSR count). The minimum Gasteiger partial charge on any atom is -0.469 e. The van der Waals surface area contributed by atoms with Crippen LogP contribution in [0, 0.1) is 13.8 Å². The second-order valence-corrected chi connectivity index (χ2v) is 8.53. The number of amides is 4. The molecule has 0 radical (unpaired) electrons. The maximum absolute atomic E-state index is 13.6. The predicted octanol–water partition coefficient (Wildman–Crippen LogP) is 4.14. The van der Waals surface area contributed by atoms with Gasteiger partial charge in [0.15, 0.2) is 6.17 Å². The zero-order chi connectivity index (χ0) is 24.3. The number of nitrogens with zero attached hydrogens (tertiary/aromatic N) is 3. The van der Waals surface area contributed by atoms with Gasteiger partial charge in [-0.2, -0.15) is 5.06 Å². The van der Waals surface area contributed by atoms with E-state index < -0.39 is 29.7 Å². The Hall–Kier alpha value is -3.59. The van der Waals surface area contributed by atoms with Crippen LogP contribution >= 0.6 is 0 Å². The van der Waals surface area contributed by atoms with Gasteiger partial charge in [-0.3, -0.25) is 14.9 Å². The van der Waals surface area contributed by atoms with E-state index in [9.17, 15) is 19.6 Å². The summed E-state index contributed by atoms with van der Waals surface area (Å²) >= 11 is 0. The van der Waals surface area contributed by atoms with Crippen molar-refractivity contribution in [3.8, 4) is 0 Å². The number of benzene rings is 2. The van der Waals surface area contributed by atoms with Crippen LogP contribution in [0.2, 0.25) is 0 Å². The summed E-state index contributed by atoms with van der Waals surface area (Å²) in [6.07, 6.45) is -1.08. The Morgan fingerprint density at radius 1 is 1.09 bits per heavy atom. The first kappa shape index (κ1) is 24.1. The summed E-state index contributed by atoms with van der Waals surface area (Å²) in [6, 6.07) is 13.2.